The van der Waals surface area contributed by atoms with Crippen molar-refractivity contribution in [2.45, 2.75) is 31.4 Å². The van der Waals surface area contributed by atoms with Crippen molar-refractivity contribution in [3.63, 3.8) is 0 Å². The standard InChI is InChI=1S/C13H15F6NO/c1-8(9-5-3-2-4-6-9)20-10(7-21)11(12(14,15)16)13(17,18)19/h2-6,8,10-11,20-21H,7H2,1H3/t8-,10-/m1/s1. The second kappa shape index (κ2) is 6.65. The van der Waals surface area contributed by atoms with Crippen molar-refractivity contribution in [3.8, 4) is 0 Å². The Labute approximate surface area is 117 Å². The van der Waals surface area contributed by atoms with E-state index in [2.05, 4.69) is 5.32 Å². The Kier molecular flexibility index (Phi) is 5.63. The van der Waals surface area contributed by atoms with Gasteiger partial charge in [0.2, 0.25) is 0 Å². The molecule has 21 heavy (non-hydrogen) atoms. The molecule has 0 amide bonds. The van der Waals surface area contributed by atoms with Gasteiger partial charge in [-0.05, 0) is 12.5 Å². The zero-order chi connectivity index (χ0) is 16.3. The Morgan fingerprint density at radius 2 is 1.48 bits per heavy atom. The fourth-order valence-electron chi connectivity index (χ4n) is 2.06. The Hall–Kier alpha value is -1.28. The highest BCUT2D eigenvalue weighted by atomic mass is 19.4. The third-order valence-electron chi connectivity index (χ3n) is 3.07. The molecule has 0 spiro atoms. The van der Waals surface area contributed by atoms with E-state index in [-0.39, 0.29) is 0 Å². The number of aliphatic hydroxyl groups excluding tert-OH is 1. The predicted octanol–water partition coefficient (Wildman–Crippen LogP) is 3.44. The largest absolute Gasteiger partial charge is 0.402 e. The van der Waals surface area contributed by atoms with Gasteiger partial charge in [-0.25, -0.2) is 0 Å². The van der Waals surface area contributed by atoms with Crippen molar-refractivity contribution in [1.29, 1.82) is 0 Å². The summed E-state index contributed by atoms with van der Waals surface area (Å²) in [5.41, 5.74) is 0.527. The Morgan fingerprint density at radius 1 is 1.00 bits per heavy atom. The van der Waals surface area contributed by atoms with Crippen LogP contribution in [-0.2, 0) is 0 Å². The summed E-state index contributed by atoms with van der Waals surface area (Å²) in [5, 5.41) is 11.2. The van der Waals surface area contributed by atoms with Crippen LogP contribution in [0.2, 0.25) is 0 Å². The molecule has 0 fully saturated rings. The van der Waals surface area contributed by atoms with Crippen LogP contribution in [-0.4, -0.2) is 30.1 Å². The van der Waals surface area contributed by atoms with Crippen LogP contribution in [0.4, 0.5) is 26.3 Å². The maximum absolute atomic E-state index is 12.6. The highest BCUT2D eigenvalue weighted by Crippen LogP contribution is 2.41. The van der Waals surface area contributed by atoms with Crippen molar-refractivity contribution >= 4 is 0 Å². The van der Waals surface area contributed by atoms with Crippen LogP contribution in [0.25, 0.3) is 0 Å². The van der Waals surface area contributed by atoms with Gasteiger partial charge in [0.25, 0.3) is 0 Å². The summed E-state index contributed by atoms with van der Waals surface area (Å²) in [6.07, 6.45) is -11.0. The van der Waals surface area contributed by atoms with Gasteiger partial charge >= 0.3 is 12.4 Å². The second-order valence-corrected chi connectivity index (χ2v) is 4.65. The van der Waals surface area contributed by atoms with Crippen molar-refractivity contribution in [1.82, 2.24) is 5.32 Å². The van der Waals surface area contributed by atoms with Crippen molar-refractivity contribution in [2.75, 3.05) is 6.61 Å². The summed E-state index contributed by atoms with van der Waals surface area (Å²) in [5.74, 6) is -3.62. The monoisotopic (exact) mass is 315 g/mol. The second-order valence-electron chi connectivity index (χ2n) is 4.65. The minimum atomic E-state index is -5.49. The third-order valence-corrected chi connectivity index (χ3v) is 3.07. The van der Waals surface area contributed by atoms with E-state index in [1.165, 1.54) is 6.92 Å². The molecule has 0 saturated heterocycles. The average molecular weight is 315 g/mol. The molecular formula is C13H15F6NO. The van der Waals surface area contributed by atoms with Crippen molar-refractivity contribution in [3.05, 3.63) is 35.9 Å². The molecule has 0 saturated carbocycles. The van der Waals surface area contributed by atoms with Crippen LogP contribution in [0.15, 0.2) is 30.3 Å². The van der Waals surface area contributed by atoms with Crippen LogP contribution in [0.5, 0.6) is 0 Å². The smallest absolute Gasteiger partial charge is 0.395 e. The van der Waals surface area contributed by atoms with E-state index in [4.69, 9.17) is 5.11 Å². The lowest BCUT2D eigenvalue weighted by molar-refractivity contribution is -0.294. The quantitative estimate of drug-likeness (QED) is 0.816. The van der Waals surface area contributed by atoms with Gasteiger partial charge in [0.15, 0.2) is 5.92 Å². The number of benzene rings is 1. The van der Waals surface area contributed by atoms with Gasteiger partial charge in [-0.3, -0.25) is 0 Å². The third kappa shape index (κ3) is 4.89. The predicted molar refractivity (Wildman–Crippen MR) is 64.5 cm³/mol. The molecule has 1 rings (SSSR count). The first-order chi connectivity index (χ1) is 9.57. The zero-order valence-electron chi connectivity index (χ0n) is 11.0. The molecule has 120 valence electrons. The number of nitrogens with one attached hydrogen (secondary N) is 1. The van der Waals surface area contributed by atoms with Crippen LogP contribution >= 0.6 is 0 Å². The summed E-state index contributed by atoms with van der Waals surface area (Å²) in [6.45, 7) is 0.155. The Balaban J connectivity index is 2.95. The molecule has 1 aromatic carbocycles. The molecule has 0 aromatic heterocycles. The molecule has 0 heterocycles. The maximum atomic E-state index is 12.6. The normalized spacial score (nSPS) is 16.0. The Morgan fingerprint density at radius 3 is 1.86 bits per heavy atom. The lowest BCUT2D eigenvalue weighted by Crippen LogP contribution is -2.53. The molecule has 2 nitrogen and oxygen atoms in total. The summed E-state index contributed by atoms with van der Waals surface area (Å²) in [4.78, 5) is 0. The molecule has 0 radical (unpaired) electrons. The van der Waals surface area contributed by atoms with Crippen LogP contribution in [0.1, 0.15) is 18.5 Å². The van der Waals surface area contributed by atoms with E-state index in [0.717, 1.165) is 0 Å². The number of aliphatic hydroxyl groups is 1. The molecule has 0 aliphatic carbocycles. The molecule has 0 aliphatic rings. The number of halogens is 6. The van der Waals surface area contributed by atoms with Crippen molar-refractivity contribution in [2.24, 2.45) is 5.92 Å². The number of hydrogen-bond acceptors (Lipinski definition) is 2. The highest BCUT2D eigenvalue weighted by Gasteiger charge is 2.60. The van der Waals surface area contributed by atoms with E-state index >= 15 is 0 Å². The van der Waals surface area contributed by atoms with Crippen LogP contribution < -0.4 is 5.32 Å². The number of rotatable bonds is 5. The number of hydrogen-bond donors (Lipinski definition) is 2. The van der Waals surface area contributed by atoms with E-state index in [0.29, 0.717) is 5.56 Å². The first-order valence-electron chi connectivity index (χ1n) is 6.12. The van der Waals surface area contributed by atoms with Gasteiger partial charge in [0.05, 0.1) is 12.6 Å². The molecule has 0 aliphatic heterocycles. The lowest BCUT2D eigenvalue weighted by atomic mass is 9.97. The number of alkyl halides is 6. The first-order valence-corrected chi connectivity index (χ1v) is 6.12. The molecule has 0 bridgehead atoms. The fraction of sp³-hybridized carbons (Fsp3) is 0.538. The van der Waals surface area contributed by atoms with Crippen LogP contribution in [0, 0.1) is 5.92 Å². The molecule has 1 aromatic rings. The minimum Gasteiger partial charge on any atom is -0.395 e. The average Bonchev–Trinajstić information content (AvgIpc) is 2.35. The maximum Gasteiger partial charge on any atom is 0.402 e. The van der Waals surface area contributed by atoms with E-state index in [1.54, 1.807) is 30.3 Å². The molecule has 0 unspecified atom stereocenters. The molecule has 8 heteroatoms. The lowest BCUT2D eigenvalue weighted by Gasteiger charge is -2.32. The van der Waals surface area contributed by atoms with E-state index < -0.39 is 37.0 Å². The van der Waals surface area contributed by atoms with Crippen molar-refractivity contribution < 1.29 is 31.4 Å². The summed E-state index contributed by atoms with van der Waals surface area (Å²) in [7, 11) is 0. The topological polar surface area (TPSA) is 32.3 Å². The SMILES string of the molecule is C[C@@H](N[C@H](CO)C(C(F)(F)F)C(F)(F)F)c1ccccc1. The van der Waals surface area contributed by atoms with Gasteiger partial charge in [-0.15, -0.1) is 0 Å². The first kappa shape index (κ1) is 17.8. The molecular weight excluding hydrogens is 300 g/mol. The fourth-order valence-corrected chi connectivity index (χ4v) is 2.06. The minimum absolute atomic E-state index is 0.527. The molecule has 2 N–H and O–H groups in total. The van der Waals surface area contributed by atoms with E-state index in [9.17, 15) is 26.3 Å². The Bertz CT molecular complexity index is 417. The van der Waals surface area contributed by atoms with Gasteiger partial charge in [0, 0.05) is 6.04 Å². The summed E-state index contributed by atoms with van der Waals surface area (Å²) >= 11 is 0. The van der Waals surface area contributed by atoms with Crippen LogP contribution in [0.3, 0.4) is 0 Å². The van der Waals surface area contributed by atoms with Gasteiger partial charge in [0.1, 0.15) is 0 Å². The molecule has 2 atom stereocenters. The van der Waals surface area contributed by atoms with Gasteiger partial charge in [-0.1, -0.05) is 30.3 Å². The van der Waals surface area contributed by atoms with Gasteiger partial charge < -0.3 is 10.4 Å². The van der Waals surface area contributed by atoms with Gasteiger partial charge in [-0.2, -0.15) is 26.3 Å². The summed E-state index contributed by atoms with van der Waals surface area (Å²) < 4.78 is 75.8. The highest BCUT2D eigenvalue weighted by molar-refractivity contribution is 5.18. The zero-order valence-corrected chi connectivity index (χ0v) is 11.0. The van der Waals surface area contributed by atoms with E-state index in [1.807, 2.05) is 0 Å². The summed E-state index contributed by atoms with van der Waals surface area (Å²) in [6, 6.07) is 5.12.